The Balaban J connectivity index is 1.91. The number of aryl methyl sites for hydroxylation is 3. The van der Waals surface area contributed by atoms with E-state index in [2.05, 4.69) is 27.2 Å². The maximum atomic E-state index is 11.9. The van der Waals surface area contributed by atoms with Crippen LogP contribution >= 0.6 is 0 Å². The highest BCUT2D eigenvalue weighted by Gasteiger charge is 2.11. The molecule has 0 bridgehead atoms. The summed E-state index contributed by atoms with van der Waals surface area (Å²) in [5.74, 6) is 0.419. The van der Waals surface area contributed by atoms with Crippen LogP contribution in [0, 0.1) is 20.8 Å². The van der Waals surface area contributed by atoms with Crippen LogP contribution in [0.4, 0.5) is 23.1 Å². The maximum Gasteiger partial charge on any atom is 0.248 e. The predicted molar refractivity (Wildman–Crippen MR) is 123 cm³/mol. The van der Waals surface area contributed by atoms with Crippen molar-refractivity contribution in [3.05, 3.63) is 83.1 Å². The van der Waals surface area contributed by atoms with E-state index in [1.807, 2.05) is 45.0 Å². The van der Waals surface area contributed by atoms with Crippen molar-refractivity contribution in [3.63, 3.8) is 0 Å². The van der Waals surface area contributed by atoms with Crippen LogP contribution in [-0.2, 0) is 11.2 Å². The predicted octanol–water partition coefficient (Wildman–Crippen LogP) is 4.29. The molecule has 7 heteroatoms. The lowest BCUT2D eigenvalue weighted by atomic mass is 10.0. The first-order valence-electron chi connectivity index (χ1n) is 9.79. The normalized spacial score (nSPS) is 10.4. The largest absolute Gasteiger partial charge is 0.366 e. The van der Waals surface area contributed by atoms with Crippen molar-refractivity contribution in [1.29, 1.82) is 0 Å². The van der Waals surface area contributed by atoms with Crippen LogP contribution in [0.25, 0.3) is 0 Å². The molecule has 1 heterocycles. The SMILES string of the molecule is C=CC(=O)Cc1cc(C)ccc1Nc1nc(Nc2cc(C(N)=O)ccc2C)ncc1C. The smallest absolute Gasteiger partial charge is 0.248 e. The zero-order valence-corrected chi connectivity index (χ0v) is 17.8. The van der Waals surface area contributed by atoms with Crippen LogP contribution in [0.1, 0.15) is 32.6 Å². The van der Waals surface area contributed by atoms with Gasteiger partial charge < -0.3 is 16.4 Å². The van der Waals surface area contributed by atoms with Crippen LogP contribution < -0.4 is 16.4 Å². The van der Waals surface area contributed by atoms with Gasteiger partial charge in [-0.15, -0.1) is 0 Å². The molecule has 0 spiro atoms. The van der Waals surface area contributed by atoms with E-state index in [1.165, 1.54) is 6.08 Å². The van der Waals surface area contributed by atoms with E-state index in [0.717, 1.165) is 27.9 Å². The van der Waals surface area contributed by atoms with E-state index < -0.39 is 5.91 Å². The summed E-state index contributed by atoms with van der Waals surface area (Å²) in [4.78, 5) is 32.3. The first-order valence-corrected chi connectivity index (χ1v) is 9.79. The molecule has 4 N–H and O–H groups in total. The molecule has 0 aliphatic rings. The molecule has 31 heavy (non-hydrogen) atoms. The summed E-state index contributed by atoms with van der Waals surface area (Å²) in [6.45, 7) is 9.34. The Kier molecular flexibility index (Phi) is 6.45. The third kappa shape index (κ3) is 5.33. The number of hydrogen-bond acceptors (Lipinski definition) is 6. The third-order valence-corrected chi connectivity index (χ3v) is 4.85. The van der Waals surface area contributed by atoms with E-state index in [-0.39, 0.29) is 12.2 Å². The van der Waals surface area contributed by atoms with Crippen LogP contribution in [0.5, 0.6) is 0 Å². The number of nitrogens with one attached hydrogen (secondary N) is 2. The Morgan fingerprint density at radius 2 is 1.81 bits per heavy atom. The Morgan fingerprint density at radius 1 is 1.03 bits per heavy atom. The fraction of sp³-hybridized carbons (Fsp3) is 0.167. The summed E-state index contributed by atoms with van der Waals surface area (Å²) in [6.07, 6.45) is 3.28. The summed E-state index contributed by atoms with van der Waals surface area (Å²) >= 11 is 0. The number of rotatable bonds is 8. The molecule has 0 saturated carbocycles. The van der Waals surface area contributed by atoms with E-state index in [1.54, 1.807) is 18.3 Å². The van der Waals surface area contributed by atoms with Gasteiger partial charge in [0.1, 0.15) is 5.82 Å². The average molecular weight is 415 g/mol. The number of carbonyl (C=O) groups is 2. The number of nitrogens with zero attached hydrogens (tertiary/aromatic N) is 2. The van der Waals surface area contributed by atoms with Gasteiger partial charge in [-0.05, 0) is 56.2 Å². The minimum absolute atomic E-state index is 0.0553. The third-order valence-electron chi connectivity index (χ3n) is 4.85. The molecule has 0 aliphatic carbocycles. The quantitative estimate of drug-likeness (QED) is 0.474. The van der Waals surface area contributed by atoms with E-state index in [4.69, 9.17) is 5.73 Å². The zero-order chi connectivity index (χ0) is 22.5. The van der Waals surface area contributed by atoms with Crippen LogP contribution in [0.15, 0.2) is 55.3 Å². The Labute approximate surface area is 181 Å². The maximum absolute atomic E-state index is 11.9. The molecular formula is C24H25N5O2. The van der Waals surface area contributed by atoms with Gasteiger partial charge in [-0.3, -0.25) is 9.59 Å². The van der Waals surface area contributed by atoms with Gasteiger partial charge in [0, 0.05) is 35.1 Å². The van der Waals surface area contributed by atoms with Crippen LogP contribution in [0.2, 0.25) is 0 Å². The number of ketones is 1. The summed E-state index contributed by atoms with van der Waals surface area (Å²) in [7, 11) is 0. The molecule has 0 fully saturated rings. The number of allylic oxidation sites excluding steroid dienone is 1. The number of carbonyl (C=O) groups excluding carboxylic acids is 2. The minimum atomic E-state index is -0.504. The monoisotopic (exact) mass is 415 g/mol. The number of primary amides is 1. The van der Waals surface area contributed by atoms with Gasteiger partial charge in [0.15, 0.2) is 5.78 Å². The second-order valence-corrected chi connectivity index (χ2v) is 7.38. The van der Waals surface area contributed by atoms with Crippen molar-refractivity contribution in [2.45, 2.75) is 27.2 Å². The van der Waals surface area contributed by atoms with Crippen molar-refractivity contribution in [2.75, 3.05) is 10.6 Å². The van der Waals surface area contributed by atoms with E-state index >= 15 is 0 Å². The number of amides is 1. The van der Waals surface area contributed by atoms with Gasteiger partial charge in [0.05, 0.1) is 0 Å². The Hall–Kier alpha value is -4.00. The first-order chi connectivity index (χ1) is 14.8. The number of benzene rings is 2. The van der Waals surface area contributed by atoms with Crippen molar-refractivity contribution in [3.8, 4) is 0 Å². The van der Waals surface area contributed by atoms with E-state index in [9.17, 15) is 9.59 Å². The molecule has 0 unspecified atom stereocenters. The van der Waals surface area contributed by atoms with Crippen LogP contribution in [-0.4, -0.2) is 21.7 Å². The lowest BCUT2D eigenvalue weighted by molar-refractivity contribution is -0.114. The molecule has 158 valence electrons. The summed E-state index contributed by atoms with van der Waals surface area (Å²) in [5, 5.41) is 6.46. The van der Waals surface area contributed by atoms with Crippen molar-refractivity contribution in [1.82, 2.24) is 9.97 Å². The number of hydrogen-bond donors (Lipinski definition) is 3. The number of aromatic nitrogens is 2. The number of anilines is 4. The summed E-state index contributed by atoms with van der Waals surface area (Å²) < 4.78 is 0. The fourth-order valence-corrected chi connectivity index (χ4v) is 3.04. The molecule has 2 aromatic carbocycles. The van der Waals surface area contributed by atoms with Crippen molar-refractivity contribution < 1.29 is 9.59 Å². The molecule has 0 radical (unpaired) electrons. The highest BCUT2D eigenvalue weighted by molar-refractivity contribution is 5.94. The first kappa shape index (κ1) is 21.7. The van der Waals surface area contributed by atoms with E-state index in [0.29, 0.717) is 23.0 Å². The molecular weight excluding hydrogens is 390 g/mol. The average Bonchev–Trinajstić information content (AvgIpc) is 2.73. The fourth-order valence-electron chi connectivity index (χ4n) is 3.04. The zero-order valence-electron chi connectivity index (χ0n) is 17.8. The van der Waals surface area contributed by atoms with Crippen molar-refractivity contribution in [2.24, 2.45) is 5.73 Å². The van der Waals surface area contributed by atoms with Crippen molar-refractivity contribution >= 4 is 34.8 Å². The molecule has 0 aliphatic heterocycles. The Morgan fingerprint density at radius 3 is 2.52 bits per heavy atom. The molecule has 1 aromatic heterocycles. The minimum Gasteiger partial charge on any atom is -0.366 e. The molecule has 1 amide bonds. The van der Waals surface area contributed by atoms with Gasteiger partial charge >= 0.3 is 0 Å². The highest BCUT2D eigenvalue weighted by atomic mass is 16.1. The molecule has 0 saturated heterocycles. The molecule has 0 atom stereocenters. The number of nitrogens with two attached hydrogens (primary N) is 1. The van der Waals surface area contributed by atoms with Gasteiger partial charge in [-0.2, -0.15) is 4.98 Å². The molecule has 3 rings (SSSR count). The van der Waals surface area contributed by atoms with Gasteiger partial charge in [-0.25, -0.2) is 4.98 Å². The van der Waals surface area contributed by atoms with Gasteiger partial charge in [-0.1, -0.05) is 30.3 Å². The topological polar surface area (TPSA) is 110 Å². The lowest BCUT2D eigenvalue weighted by Gasteiger charge is -2.15. The van der Waals surface area contributed by atoms with Crippen LogP contribution in [0.3, 0.4) is 0 Å². The van der Waals surface area contributed by atoms with Gasteiger partial charge in [0.25, 0.3) is 0 Å². The van der Waals surface area contributed by atoms with Gasteiger partial charge in [0.2, 0.25) is 11.9 Å². The highest BCUT2D eigenvalue weighted by Crippen LogP contribution is 2.26. The second kappa shape index (κ2) is 9.21. The standard InChI is InChI=1S/C24H25N5O2/c1-5-19(30)11-18-10-14(2)6-9-20(18)27-23-16(4)13-26-24(29-23)28-21-12-17(22(25)31)8-7-15(21)3/h5-10,12-13H,1,11H2,2-4H3,(H2,25,31)(H2,26,27,28,29). The second-order valence-electron chi connectivity index (χ2n) is 7.38. The lowest BCUT2D eigenvalue weighted by Crippen LogP contribution is -2.11. The summed E-state index contributed by atoms with van der Waals surface area (Å²) in [5.41, 5.74) is 11.0. The summed E-state index contributed by atoms with van der Waals surface area (Å²) in [6, 6.07) is 11.0. The Bertz CT molecular complexity index is 1170. The molecule has 3 aromatic rings. The molecule has 7 nitrogen and oxygen atoms in total.